The van der Waals surface area contributed by atoms with Crippen LogP contribution in [0.3, 0.4) is 0 Å². The second-order valence-corrected chi connectivity index (χ2v) is 7.17. The van der Waals surface area contributed by atoms with E-state index in [0.717, 1.165) is 12.1 Å². The zero-order valence-electron chi connectivity index (χ0n) is 16.5. The van der Waals surface area contributed by atoms with Crippen LogP contribution in [0.1, 0.15) is 31.1 Å². The maximum Gasteiger partial charge on any atom is 0.387 e. The lowest BCUT2D eigenvalue weighted by Gasteiger charge is -2.19. The second kappa shape index (κ2) is 8.81. The number of esters is 1. The smallest absolute Gasteiger partial charge is 0.387 e. The zero-order valence-corrected chi connectivity index (χ0v) is 16.5. The summed E-state index contributed by atoms with van der Waals surface area (Å²) in [5.41, 5.74) is -2.10. The standard InChI is InChI=1S/C21H19F2NO6/c1-12(19(26)30-21(2,3)4)18(25)15-10-9-13(11-16(15)24(27)28)14-7-5-6-8-17(14)29-20(22)23/h5-11,20H,1H2,2-4H3. The maximum atomic E-state index is 12.6. The van der Waals surface area contributed by atoms with Crippen LogP contribution in [-0.2, 0) is 9.53 Å². The summed E-state index contributed by atoms with van der Waals surface area (Å²) in [5.74, 6) is -2.15. The molecule has 0 atom stereocenters. The van der Waals surface area contributed by atoms with Crippen molar-refractivity contribution in [1.29, 1.82) is 0 Å². The molecule has 0 aliphatic heterocycles. The number of benzene rings is 2. The highest BCUT2D eigenvalue weighted by atomic mass is 19.3. The Morgan fingerprint density at radius 1 is 1.13 bits per heavy atom. The number of rotatable bonds is 7. The van der Waals surface area contributed by atoms with Crippen LogP contribution in [0.5, 0.6) is 5.75 Å². The van der Waals surface area contributed by atoms with E-state index in [-0.39, 0.29) is 22.4 Å². The average Bonchev–Trinajstić information content (AvgIpc) is 2.65. The molecule has 0 heterocycles. The normalized spacial score (nSPS) is 11.1. The number of hydrogen-bond donors (Lipinski definition) is 0. The summed E-state index contributed by atoms with van der Waals surface area (Å²) in [6.07, 6.45) is 0. The third kappa shape index (κ3) is 5.47. The molecule has 0 unspecified atom stereocenters. The number of nitro groups is 1. The fourth-order valence-electron chi connectivity index (χ4n) is 2.54. The lowest BCUT2D eigenvalue weighted by molar-refractivity contribution is -0.385. The third-order valence-electron chi connectivity index (χ3n) is 3.77. The number of nitrogens with zero attached hydrogens (tertiary/aromatic N) is 1. The molecule has 0 bridgehead atoms. The summed E-state index contributed by atoms with van der Waals surface area (Å²) in [5, 5.41) is 11.5. The molecule has 2 aromatic rings. The predicted octanol–water partition coefficient (Wildman–Crippen LogP) is 4.94. The predicted molar refractivity (Wildman–Crippen MR) is 104 cm³/mol. The first-order valence-corrected chi connectivity index (χ1v) is 8.70. The zero-order chi connectivity index (χ0) is 22.6. The van der Waals surface area contributed by atoms with Gasteiger partial charge in [-0.15, -0.1) is 0 Å². The van der Waals surface area contributed by atoms with Gasteiger partial charge in [0, 0.05) is 11.6 Å². The van der Waals surface area contributed by atoms with E-state index >= 15 is 0 Å². The van der Waals surface area contributed by atoms with Gasteiger partial charge in [0.15, 0.2) is 0 Å². The Kier molecular flexibility index (Phi) is 6.66. The van der Waals surface area contributed by atoms with Gasteiger partial charge in [0.1, 0.15) is 22.5 Å². The molecule has 2 rings (SSSR count). The number of ether oxygens (including phenoxy) is 2. The molecule has 0 saturated carbocycles. The van der Waals surface area contributed by atoms with Crippen molar-refractivity contribution in [3.63, 3.8) is 0 Å². The summed E-state index contributed by atoms with van der Waals surface area (Å²) in [6, 6.07) is 9.25. The quantitative estimate of drug-likeness (QED) is 0.120. The van der Waals surface area contributed by atoms with Crippen molar-refractivity contribution in [1.82, 2.24) is 0 Å². The Labute approximate surface area is 171 Å². The number of Topliss-reactive ketones (excluding diaryl/α,β-unsaturated/α-hetero) is 1. The Morgan fingerprint density at radius 2 is 1.77 bits per heavy atom. The van der Waals surface area contributed by atoms with Gasteiger partial charge in [-0.2, -0.15) is 8.78 Å². The first-order chi connectivity index (χ1) is 13.9. The van der Waals surface area contributed by atoms with Crippen LogP contribution in [0.25, 0.3) is 11.1 Å². The van der Waals surface area contributed by atoms with E-state index in [0.29, 0.717) is 0 Å². The van der Waals surface area contributed by atoms with Crippen molar-refractivity contribution < 1.29 is 32.8 Å². The van der Waals surface area contributed by atoms with Gasteiger partial charge in [0.05, 0.1) is 4.92 Å². The van der Waals surface area contributed by atoms with E-state index in [4.69, 9.17) is 4.74 Å². The summed E-state index contributed by atoms with van der Waals surface area (Å²) in [7, 11) is 0. The van der Waals surface area contributed by atoms with Crippen molar-refractivity contribution in [3.8, 4) is 16.9 Å². The molecule has 9 heteroatoms. The number of alkyl halides is 2. The fraction of sp³-hybridized carbons (Fsp3) is 0.238. The molecule has 0 fully saturated rings. The molecule has 0 aromatic heterocycles. The molecule has 2 aromatic carbocycles. The summed E-state index contributed by atoms with van der Waals surface area (Å²) >= 11 is 0. The van der Waals surface area contributed by atoms with Crippen LogP contribution < -0.4 is 4.74 Å². The van der Waals surface area contributed by atoms with Gasteiger partial charge in [-0.05, 0) is 38.5 Å². The molecule has 0 aliphatic carbocycles. The number of halogens is 2. The van der Waals surface area contributed by atoms with Crippen LogP contribution in [0.4, 0.5) is 14.5 Å². The van der Waals surface area contributed by atoms with Gasteiger partial charge >= 0.3 is 12.6 Å². The van der Waals surface area contributed by atoms with Crippen molar-refractivity contribution >= 4 is 17.4 Å². The van der Waals surface area contributed by atoms with Crippen molar-refractivity contribution in [2.24, 2.45) is 0 Å². The molecule has 0 N–H and O–H groups in total. The van der Waals surface area contributed by atoms with Crippen molar-refractivity contribution in [3.05, 3.63) is 70.3 Å². The number of para-hydroxylation sites is 1. The molecule has 0 saturated heterocycles. The molecule has 30 heavy (non-hydrogen) atoms. The maximum absolute atomic E-state index is 12.6. The van der Waals surface area contributed by atoms with Crippen molar-refractivity contribution in [2.75, 3.05) is 0 Å². The molecule has 158 valence electrons. The molecule has 0 radical (unpaired) electrons. The Morgan fingerprint density at radius 3 is 2.33 bits per heavy atom. The van der Waals surface area contributed by atoms with Crippen LogP contribution in [0.15, 0.2) is 54.6 Å². The van der Waals surface area contributed by atoms with Gasteiger partial charge in [0.2, 0.25) is 5.78 Å². The van der Waals surface area contributed by atoms with Crippen LogP contribution in [0, 0.1) is 10.1 Å². The molecule has 0 spiro atoms. The summed E-state index contributed by atoms with van der Waals surface area (Å²) in [6.45, 7) is 5.10. The van der Waals surface area contributed by atoms with E-state index < -0.39 is 40.1 Å². The van der Waals surface area contributed by atoms with E-state index in [2.05, 4.69) is 11.3 Å². The Hall–Kier alpha value is -3.62. The molecule has 7 nitrogen and oxygen atoms in total. The minimum atomic E-state index is -3.08. The van der Waals surface area contributed by atoms with Gasteiger partial charge in [-0.1, -0.05) is 30.8 Å². The van der Waals surface area contributed by atoms with Gasteiger partial charge in [-0.25, -0.2) is 4.79 Å². The molecular formula is C21H19F2NO6. The lowest BCUT2D eigenvalue weighted by atomic mass is 9.97. The Bertz CT molecular complexity index is 1010. The highest BCUT2D eigenvalue weighted by molar-refractivity contribution is 6.25. The van der Waals surface area contributed by atoms with E-state index in [1.165, 1.54) is 24.3 Å². The molecular weight excluding hydrogens is 400 g/mol. The summed E-state index contributed by atoms with van der Waals surface area (Å²) in [4.78, 5) is 35.5. The third-order valence-corrected chi connectivity index (χ3v) is 3.77. The van der Waals surface area contributed by atoms with Gasteiger partial charge < -0.3 is 9.47 Å². The largest absolute Gasteiger partial charge is 0.456 e. The van der Waals surface area contributed by atoms with E-state index in [1.54, 1.807) is 26.8 Å². The van der Waals surface area contributed by atoms with Crippen LogP contribution in [-0.4, -0.2) is 28.9 Å². The highest BCUT2D eigenvalue weighted by Gasteiger charge is 2.29. The fourth-order valence-corrected chi connectivity index (χ4v) is 2.54. The highest BCUT2D eigenvalue weighted by Crippen LogP contribution is 2.34. The van der Waals surface area contributed by atoms with E-state index in [1.807, 2.05) is 0 Å². The number of ketones is 1. The second-order valence-electron chi connectivity index (χ2n) is 7.17. The summed E-state index contributed by atoms with van der Waals surface area (Å²) < 4.78 is 34.8. The van der Waals surface area contributed by atoms with Gasteiger partial charge in [0.25, 0.3) is 5.69 Å². The average molecular weight is 419 g/mol. The van der Waals surface area contributed by atoms with Gasteiger partial charge in [-0.3, -0.25) is 14.9 Å². The minimum Gasteiger partial charge on any atom is -0.456 e. The molecule has 0 aliphatic rings. The number of nitro benzene ring substituents is 1. The van der Waals surface area contributed by atoms with Crippen molar-refractivity contribution in [2.45, 2.75) is 33.0 Å². The number of carbonyl (C=O) groups is 2. The SMILES string of the molecule is C=C(C(=O)OC(C)(C)C)C(=O)c1ccc(-c2ccccc2OC(F)F)cc1[N+](=O)[O-]. The monoisotopic (exact) mass is 419 g/mol. The Balaban J connectivity index is 2.47. The van der Waals surface area contributed by atoms with E-state index in [9.17, 15) is 28.5 Å². The van der Waals surface area contributed by atoms with Crippen LogP contribution in [0.2, 0.25) is 0 Å². The minimum absolute atomic E-state index is 0.172. The topological polar surface area (TPSA) is 95.7 Å². The number of carbonyl (C=O) groups excluding carboxylic acids is 2. The first-order valence-electron chi connectivity index (χ1n) is 8.70. The lowest BCUT2D eigenvalue weighted by Crippen LogP contribution is -2.27. The first kappa shape index (κ1) is 22.7. The number of hydrogen-bond acceptors (Lipinski definition) is 6. The van der Waals surface area contributed by atoms with Crippen LogP contribution >= 0.6 is 0 Å². The molecule has 0 amide bonds.